The lowest BCUT2D eigenvalue weighted by atomic mass is 9.98. The molecule has 0 amide bonds. The zero-order chi connectivity index (χ0) is 23.8. The van der Waals surface area contributed by atoms with Crippen molar-refractivity contribution in [3.8, 4) is 33.8 Å². The number of alkyl halides is 6. The molecule has 0 aliphatic carbocycles. The van der Waals surface area contributed by atoms with Gasteiger partial charge in [0.1, 0.15) is 23.1 Å². The first kappa shape index (κ1) is 24.8. The molecule has 170 valence electrons. The van der Waals surface area contributed by atoms with Crippen LogP contribution in [0.3, 0.4) is 0 Å². The number of rotatable bonds is 4. The first-order chi connectivity index (χ1) is 14.8. The van der Waals surface area contributed by atoms with Crippen molar-refractivity contribution in [1.82, 2.24) is 0 Å². The molecule has 0 N–H and O–H groups in total. The quantitative estimate of drug-likeness (QED) is 0.156. The average molecular weight is 686 g/mol. The Bertz CT molecular complexity index is 1010. The van der Waals surface area contributed by atoms with Crippen LogP contribution in [0.15, 0.2) is 48.5 Å². The van der Waals surface area contributed by atoms with Gasteiger partial charge in [-0.3, -0.25) is 0 Å². The predicted molar refractivity (Wildman–Crippen MR) is 116 cm³/mol. The summed E-state index contributed by atoms with van der Waals surface area (Å²) >= 11 is 3.11. The van der Waals surface area contributed by atoms with Crippen molar-refractivity contribution in [3.05, 3.63) is 67.3 Å². The molecule has 0 aliphatic heterocycles. The zero-order valence-corrected chi connectivity index (χ0v) is 19.5. The summed E-state index contributed by atoms with van der Waals surface area (Å²) in [5, 5.41) is 0. The maximum absolute atomic E-state index is 15.2. The summed E-state index contributed by atoms with van der Waals surface area (Å²) in [7, 11) is 0. The molecule has 3 aromatic rings. The second-order valence-electron chi connectivity index (χ2n) is 6.15. The molecule has 0 aliphatic rings. The van der Waals surface area contributed by atoms with Crippen LogP contribution < -0.4 is 9.47 Å². The Balaban J connectivity index is 2.01. The Morgan fingerprint density at radius 2 is 0.812 bits per heavy atom. The van der Waals surface area contributed by atoms with Crippen LogP contribution in [0, 0.1) is 18.8 Å². The van der Waals surface area contributed by atoms with E-state index in [0.29, 0.717) is 0 Å². The monoisotopic (exact) mass is 686 g/mol. The molecule has 0 unspecified atom stereocenters. The van der Waals surface area contributed by atoms with Crippen LogP contribution in [0.2, 0.25) is 0 Å². The van der Waals surface area contributed by atoms with E-state index in [1.54, 1.807) is 45.2 Å². The molecule has 0 fully saturated rings. The smallest absolute Gasteiger partial charge is 0.406 e. The van der Waals surface area contributed by atoms with Gasteiger partial charge in [0, 0.05) is 11.1 Å². The number of hydrogen-bond acceptors (Lipinski definition) is 2. The molecule has 0 radical (unpaired) electrons. The highest BCUT2D eigenvalue weighted by atomic mass is 127. The van der Waals surface area contributed by atoms with Gasteiger partial charge in [-0.05, 0) is 80.6 Å². The summed E-state index contributed by atoms with van der Waals surface area (Å²) in [6.45, 7) is 0. The second kappa shape index (κ2) is 9.19. The standard InChI is InChI=1S/C20H8F8I2O2/c21-15-13(9-1-5-11(6-2-9)31-19(23,24)25)17(29)16(22)14(18(15)30)10-3-7-12(8-4-10)32-20(26,27)28/h1-8H. The van der Waals surface area contributed by atoms with Crippen molar-refractivity contribution in [2.24, 2.45) is 0 Å². The third kappa shape index (κ3) is 5.74. The molecule has 0 bridgehead atoms. The number of hydrogen-bond donors (Lipinski definition) is 0. The summed E-state index contributed by atoms with van der Waals surface area (Å²) in [4.78, 5) is 0. The van der Waals surface area contributed by atoms with Gasteiger partial charge in [-0.25, -0.2) is 8.78 Å². The van der Waals surface area contributed by atoms with E-state index >= 15 is 8.78 Å². The largest absolute Gasteiger partial charge is 0.573 e. The molecule has 0 heterocycles. The first-order valence-electron chi connectivity index (χ1n) is 8.35. The van der Waals surface area contributed by atoms with Crippen LogP contribution in [0.4, 0.5) is 35.1 Å². The minimum Gasteiger partial charge on any atom is -0.406 e. The van der Waals surface area contributed by atoms with Gasteiger partial charge in [0.2, 0.25) is 0 Å². The molecule has 32 heavy (non-hydrogen) atoms. The van der Waals surface area contributed by atoms with Gasteiger partial charge < -0.3 is 9.47 Å². The molecule has 3 aromatic carbocycles. The Morgan fingerprint density at radius 3 is 1.06 bits per heavy atom. The minimum atomic E-state index is -4.90. The maximum atomic E-state index is 15.2. The highest BCUT2D eigenvalue weighted by Gasteiger charge is 2.32. The van der Waals surface area contributed by atoms with E-state index in [2.05, 4.69) is 9.47 Å². The van der Waals surface area contributed by atoms with Crippen LogP contribution in [0.25, 0.3) is 22.3 Å². The van der Waals surface area contributed by atoms with Crippen molar-refractivity contribution >= 4 is 45.2 Å². The van der Waals surface area contributed by atoms with Crippen LogP contribution in [-0.2, 0) is 0 Å². The van der Waals surface area contributed by atoms with Gasteiger partial charge in [-0.15, -0.1) is 26.3 Å². The Labute approximate surface area is 202 Å². The fraction of sp³-hybridized carbons (Fsp3) is 0.100. The van der Waals surface area contributed by atoms with E-state index in [-0.39, 0.29) is 29.4 Å². The SMILES string of the molecule is Fc1c(I)c(-c2ccc(OC(F)(F)F)cc2)c(F)c(I)c1-c1ccc(OC(F)(F)F)cc1. The lowest BCUT2D eigenvalue weighted by Gasteiger charge is -2.16. The van der Waals surface area contributed by atoms with Crippen LogP contribution in [0.1, 0.15) is 0 Å². The van der Waals surface area contributed by atoms with Crippen molar-refractivity contribution in [1.29, 1.82) is 0 Å². The van der Waals surface area contributed by atoms with E-state index < -0.39 is 35.9 Å². The van der Waals surface area contributed by atoms with Gasteiger partial charge in [-0.1, -0.05) is 24.3 Å². The summed E-state index contributed by atoms with van der Waals surface area (Å²) in [5.41, 5.74) is -0.129. The van der Waals surface area contributed by atoms with Gasteiger partial charge in [0.05, 0.1) is 7.14 Å². The highest BCUT2D eigenvalue weighted by Crippen LogP contribution is 2.41. The van der Waals surface area contributed by atoms with Gasteiger partial charge in [-0.2, -0.15) is 0 Å². The summed E-state index contributed by atoms with van der Waals surface area (Å²) in [6.07, 6.45) is -9.80. The predicted octanol–water partition coefficient (Wildman–Crippen LogP) is 8.31. The van der Waals surface area contributed by atoms with Gasteiger partial charge >= 0.3 is 12.7 Å². The molecular weight excluding hydrogens is 678 g/mol. The minimum absolute atomic E-state index is 0.110. The molecule has 0 spiro atoms. The third-order valence-electron chi connectivity index (χ3n) is 4.02. The molecule has 0 saturated carbocycles. The molecule has 12 heteroatoms. The lowest BCUT2D eigenvalue weighted by Crippen LogP contribution is -2.17. The molecule has 0 aromatic heterocycles. The van der Waals surface area contributed by atoms with E-state index in [9.17, 15) is 26.3 Å². The van der Waals surface area contributed by atoms with Crippen molar-refractivity contribution in [2.75, 3.05) is 0 Å². The Kier molecular flexibility index (Phi) is 7.12. The molecule has 3 rings (SSSR count). The van der Waals surface area contributed by atoms with E-state index in [1.807, 2.05) is 0 Å². The fourth-order valence-electron chi connectivity index (χ4n) is 2.79. The van der Waals surface area contributed by atoms with E-state index in [1.165, 1.54) is 0 Å². The van der Waals surface area contributed by atoms with Gasteiger partial charge in [0.25, 0.3) is 0 Å². The van der Waals surface area contributed by atoms with E-state index in [0.717, 1.165) is 48.5 Å². The zero-order valence-electron chi connectivity index (χ0n) is 15.2. The summed E-state index contributed by atoms with van der Waals surface area (Å²) in [5.74, 6) is -2.73. The van der Waals surface area contributed by atoms with Gasteiger partial charge in [0.15, 0.2) is 0 Å². The summed E-state index contributed by atoms with van der Waals surface area (Å²) < 4.78 is 111. The molecule has 0 atom stereocenters. The van der Waals surface area contributed by atoms with E-state index in [4.69, 9.17) is 0 Å². The number of benzene rings is 3. The van der Waals surface area contributed by atoms with Crippen LogP contribution in [0.5, 0.6) is 11.5 Å². The maximum Gasteiger partial charge on any atom is 0.573 e. The average Bonchev–Trinajstić information content (AvgIpc) is 2.67. The lowest BCUT2D eigenvalue weighted by molar-refractivity contribution is -0.275. The first-order valence-corrected chi connectivity index (χ1v) is 10.5. The third-order valence-corrected chi connectivity index (χ3v) is 6.04. The highest BCUT2D eigenvalue weighted by molar-refractivity contribution is 14.1. The van der Waals surface area contributed by atoms with Crippen molar-refractivity contribution < 1.29 is 44.6 Å². The summed E-state index contributed by atoms with van der Waals surface area (Å²) in [6, 6.07) is 8.49. The Hall–Kier alpha value is -1.84. The van der Waals surface area contributed by atoms with Crippen molar-refractivity contribution in [3.63, 3.8) is 0 Å². The molecule has 0 saturated heterocycles. The Morgan fingerprint density at radius 1 is 0.531 bits per heavy atom. The normalized spacial score (nSPS) is 12.1. The number of ether oxygens (including phenoxy) is 2. The molecular formula is C20H8F8I2O2. The number of halogens is 10. The van der Waals surface area contributed by atoms with Crippen LogP contribution >= 0.6 is 45.2 Å². The van der Waals surface area contributed by atoms with Crippen LogP contribution in [-0.4, -0.2) is 12.7 Å². The van der Waals surface area contributed by atoms with Crippen molar-refractivity contribution in [2.45, 2.75) is 12.7 Å². The topological polar surface area (TPSA) is 18.5 Å². The fourth-order valence-corrected chi connectivity index (χ4v) is 4.42. The molecule has 2 nitrogen and oxygen atoms in total. The second-order valence-corrected chi connectivity index (χ2v) is 8.31.